The van der Waals surface area contributed by atoms with Gasteiger partial charge in [0.25, 0.3) is 0 Å². The van der Waals surface area contributed by atoms with Gasteiger partial charge in [-0.1, -0.05) is 42.3 Å². The van der Waals surface area contributed by atoms with Crippen LogP contribution in [0.2, 0.25) is 10.0 Å². The van der Waals surface area contributed by atoms with Gasteiger partial charge in [0.2, 0.25) is 0 Å². The predicted octanol–water partition coefficient (Wildman–Crippen LogP) is 4.18. The molecule has 4 N–H and O–H groups in total. The number of nitrogen functional groups attached to an aromatic ring is 2. The van der Waals surface area contributed by atoms with E-state index in [-0.39, 0.29) is 5.92 Å². The van der Waals surface area contributed by atoms with Gasteiger partial charge in [-0.3, -0.25) is 0 Å². The van der Waals surface area contributed by atoms with Crippen LogP contribution in [0.5, 0.6) is 0 Å². The molecule has 1 aromatic carbocycles. The number of hydrogen-bond acceptors (Lipinski definition) is 4. The molecule has 2 rings (SSSR count). The number of nitrogens with two attached hydrogens (primary N) is 2. The van der Waals surface area contributed by atoms with Crippen LogP contribution in [0, 0.1) is 0 Å². The summed E-state index contributed by atoms with van der Waals surface area (Å²) < 4.78 is 0. The Morgan fingerprint density at radius 1 is 1.23 bits per heavy atom. The fourth-order valence-corrected chi connectivity index (χ4v) is 2.78. The third-order valence-electron chi connectivity index (χ3n) is 3.78. The van der Waals surface area contributed by atoms with Crippen molar-refractivity contribution < 1.29 is 0 Å². The molecule has 4 nitrogen and oxygen atoms in total. The number of halogens is 2. The third kappa shape index (κ3) is 3.57. The van der Waals surface area contributed by atoms with Crippen molar-refractivity contribution in [2.75, 3.05) is 30.0 Å². The Morgan fingerprint density at radius 3 is 2.68 bits per heavy atom. The summed E-state index contributed by atoms with van der Waals surface area (Å²) >= 11 is 12.3. The molecule has 0 amide bonds. The smallest absolute Gasteiger partial charge is 0.149 e. The van der Waals surface area contributed by atoms with Crippen LogP contribution in [-0.4, -0.2) is 18.6 Å². The fraction of sp³-hybridized carbons (Fsp3) is 0.312. The first-order chi connectivity index (χ1) is 10.4. The lowest BCUT2D eigenvalue weighted by Crippen LogP contribution is -2.22. The van der Waals surface area contributed by atoms with E-state index in [4.69, 9.17) is 34.7 Å². The molecule has 0 aliphatic rings. The van der Waals surface area contributed by atoms with Crippen LogP contribution < -0.4 is 16.4 Å². The molecule has 0 aliphatic heterocycles. The van der Waals surface area contributed by atoms with E-state index in [1.165, 1.54) is 0 Å². The van der Waals surface area contributed by atoms with E-state index >= 15 is 0 Å². The largest absolute Gasteiger partial charge is 0.397 e. The summed E-state index contributed by atoms with van der Waals surface area (Å²) in [5.74, 6) is 0.967. The maximum Gasteiger partial charge on any atom is 0.149 e. The van der Waals surface area contributed by atoms with Crippen LogP contribution >= 0.6 is 23.2 Å². The standard InChI is InChI=1S/C16H20Cl2N4/c1-10(11-4-3-5-12(17)15(11)20)7-9-22(2)16-14(18)13(19)6-8-21-16/h3-6,8,10H,7,9,20H2,1-2H3,(H2,19,21)/t10-/m0/s1. The van der Waals surface area contributed by atoms with Gasteiger partial charge in [0, 0.05) is 19.8 Å². The van der Waals surface area contributed by atoms with Gasteiger partial charge in [0.1, 0.15) is 10.8 Å². The third-order valence-corrected chi connectivity index (χ3v) is 4.49. The van der Waals surface area contributed by atoms with Crippen molar-refractivity contribution in [3.63, 3.8) is 0 Å². The zero-order chi connectivity index (χ0) is 16.3. The van der Waals surface area contributed by atoms with Gasteiger partial charge < -0.3 is 16.4 Å². The second-order valence-corrected chi connectivity index (χ2v) is 6.18. The molecule has 0 aliphatic carbocycles. The Labute approximate surface area is 141 Å². The minimum atomic E-state index is 0.279. The Bertz CT molecular complexity index is 603. The first-order valence-corrected chi connectivity index (χ1v) is 7.82. The highest BCUT2D eigenvalue weighted by molar-refractivity contribution is 6.35. The van der Waals surface area contributed by atoms with E-state index in [0.29, 0.717) is 27.2 Å². The highest BCUT2D eigenvalue weighted by Gasteiger charge is 2.14. The van der Waals surface area contributed by atoms with Gasteiger partial charge >= 0.3 is 0 Å². The normalized spacial score (nSPS) is 12.2. The summed E-state index contributed by atoms with van der Waals surface area (Å²) in [4.78, 5) is 6.29. The molecule has 0 fully saturated rings. The Morgan fingerprint density at radius 2 is 1.95 bits per heavy atom. The number of nitrogens with zero attached hydrogens (tertiary/aromatic N) is 2. The van der Waals surface area contributed by atoms with Crippen molar-refractivity contribution >= 4 is 40.4 Å². The van der Waals surface area contributed by atoms with Crippen LogP contribution in [0.1, 0.15) is 24.8 Å². The summed E-state index contributed by atoms with van der Waals surface area (Å²) in [5, 5.41) is 1.08. The van der Waals surface area contributed by atoms with Crippen LogP contribution in [0.15, 0.2) is 30.5 Å². The van der Waals surface area contributed by atoms with Crippen molar-refractivity contribution in [1.82, 2.24) is 4.98 Å². The number of para-hydroxylation sites is 1. The average Bonchev–Trinajstić information content (AvgIpc) is 2.50. The molecule has 22 heavy (non-hydrogen) atoms. The van der Waals surface area contributed by atoms with Crippen LogP contribution in [0.25, 0.3) is 0 Å². The quantitative estimate of drug-likeness (QED) is 0.802. The van der Waals surface area contributed by atoms with Crippen molar-refractivity contribution in [3.05, 3.63) is 46.1 Å². The SMILES string of the molecule is C[C@@H](CCN(C)c1nccc(N)c1Cl)c1cccc(Cl)c1N. The van der Waals surface area contributed by atoms with Gasteiger partial charge in [-0.25, -0.2) is 4.98 Å². The molecule has 0 bridgehead atoms. The zero-order valence-corrected chi connectivity index (χ0v) is 14.2. The van der Waals surface area contributed by atoms with Crippen molar-refractivity contribution in [2.24, 2.45) is 0 Å². The van der Waals surface area contributed by atoms with Gasteiger partial charge in [0.15, 0.2) is 0 Å². The zero-order valence-electron chi connectivity index (χ0n) is 12.7. The lowest BCUT2D eigenvalue weighted by Gasteiger charge is -2.22. The number of benzene rings is 1. The number of anilines is 3. The van der Waals surface area contributed by atoms with E-state index in [2.05, 4.69) is 11.9 Å². The Kier molecular flexibility index (Phi) is 5.37. The summed E-state index contributed by atoms with van der Waals surface area (Å²) in [6, 6.07) is 7.42. The van der Waals surface area contributed by atoms with Gasteiger partial charge in [-0.05, 0) is 30.0 Å². The van der Waals surface area contributed by atoms with Crippen LogP contribution in [0.3, 0.4) is 0 Å². The molecular formula is C16H20Cl2N4. The maximum absolute atomic E-state index is 6.20. The molecule has 0 saturated carbocycles. The molecule has 118 valence electrons. The number of rotatable bonds is 5. The molecule has 0 unspecified atom stereocenters. The second-order valence-electron chi connectivity index (χ2n) is 5.39. The van der Waals surface area contributed by atoms with Crippen molar-refractivity contribution in [3.8, 4) is 0 Å². The molecule has 2 aromatic rings. The molecule has 1 aromatic heterocycles. The van der Waals surface area contributed by atoms with E-state index in [1.807, 2.05) is 24.1 Å². The highest BCUT2D eigenvalue weighted by atomic mass is 35.5. The monoisotopic (exact) mass is 338 g/mol. The summed E-state index contributed by atoms with van der Waals surface area (Å²) in [6.45, 7) is 2.91. The highest BCUT2D eigenvalue weighted by Crippen LogP contribution is 2.32. The Balaban J connectivity index is 2.06. The Hall–Kier alpha value is -1.65. The molecule has 1 atom stereocenters. The molecule has 6 heteroatoms. The predicted molar refractivity (Wildman–Crippen MR) is 95.8 cm³/mol. The molecular weight excluding hydrogens is 319 g/mol. The average molecular weight is 339 g/mol. The minimum absolute atomic E-state index is 0.279. The molecule has 0 radical (unpaired) electrons. The number of aromatic nitrogens is 1. The summed E-state index contributed by atoms with van der Waals surface area (Å²) in [7, 11) is 1.95. The molecule has 0 saturated heterocycles. The van der Waals surface area contributed by atoms with E-state index in [0.717, 1.165) is 18.5 Å². The van der Waals surface area contributed by atoms with Crippen LogP contribution in [0.4, 0.5) is 17.2 Å². The fourth-order valence-electron chi connectivity index (χ4n) is 2.35. The van der Waals surface area contributed by atoms with E-state index in [1.54, 1.807) is 18.3 Å². The van der Waals surface area contributed by atoms with Gasteiger partial charge in [-0.2, -0.15) is 0 Å². The van der Waals surface area contributed by atoms with Crippen LogP contribution in [-0.2, 0) is 0 Å². The van der Waals surface area contributed by atoms with Crippen molar-refractivity contribution in [2.45, 2.75) is 19.3 Å². The summed E-state index contributed by atoms with van der Waals surface area (Å²) in [5.41, 5.74) is 14.1. The summed E-state index contributed by atoms with van der Waals surface area (Å²) in [6.07, 6.45) is 2.55. The lowest BCUT2D eigenvalue weighted by molar-refractivity contribution is 0.669. The van der Waals surface area contributed by atoms with Gasteiger partial charge in [-0.15, -0.1) is 0 Å². The number of hydrogen-bond donors (Lipinski definition) is 2. The van der Waals surface area contributed by atoms with E-state index < -0.39 is 0 Å². The molecule has 1 heterocycles. The first kappa shape index (κ1) is 16.7. The second kappa shape index (κ2) is 7.07. The van der Waals surface area contributed by atoms with Crippen molar-refractivity contribution in [1.29, 1.82) is 0 Å². The maximum atomic E-state index is 6.20. The topological polar surface area (TPSA) is 68.2 Å². The van der Waals surface area contributed by atoms with E-state index in [9.17, 15) is 0 Å². The molecule has 0 spiro atoms. The first-order valence-electron chi connectivity index (χ1n) is 7.06. The van der Waals surface area contributed by atoms with Gasteiger partial charge in [0.05, 0.1) is 16.4 Å². The number of pyridine rings is 1. The lowest BCUT2D eigenvalue weighted by atomic mass is 9.96. The minimum Gasteiger partial charge on any atom is -0.397 e.